The second-order valence-electron chi connectivity index (χ2n) is 10.5. The van der Waals surface area contributed by atoms with Gasteiger partial charge in [-0.3, -0.25) is 4.79 Å². The van der Waals surface area contributed by atoms with E-state index in [1.54, 1.807) is 6.92 Å². The van der Waals surface area contributed by atoms with Gasteiger partial charge in [-0.25, -0.2) is 9.97 Å². The number of ether oxygens (including phenoxy) is 1. The quantitative estimate of drug-likeness (QED) is 0.179. The number of nitrogens with zero attached hydrogens (tertiary/aromatic N) is 3. The molecule has 2 aromatic heterocycles. The van der Waals surface area contributed by atoms with Gasteiger partial charge in [0.2, 0.25) is 5.82 Å². The number of aromatic nitrogens is 3. The number of benzene rings is 2. The third-order valence-electron chi connectivity index (χ3n) is 8.09. The Balaban J connectivity index is 1.32. The first-order valence-electron chi connectivity index (χ1n) is 13.8. The Morgan fingerprint density at radius 2 is 1.82 bits per heavy atom. The van der Waals surface area contributed by atoms with Crippen LogP contribution in [0.4, 0.5) is 5.82 Å². The van der Waals surface area contributed by atoms with E-state index in [0.717, 1.165) is 23.8 Å². The highest BCUT2D eigenvalue weighted by Gasteiger charge is 2.76. The number of rotatable bonds is 8. The van der Waals surface area contributed by atoms with E-state index in [9.17, 15) is 15.0 Å². The van der Waals surface area contributed by atoms with Gasteiger partial charge < -0.3 is 24.8 Å². The van der Waals surface area contributed by atoms with Crippen LogP contribution in [0.1, 0.15) is 42.8 Å². The Morgan fingerprint density at radius 1 is 1.07 bits per heavy atom. The lowest BCUT2D eigenvalue weighted by atomic mass is 9.99. The van der Waals surface area contributed by atoms with E-state index >= 15 is 0 Å². The highest BCUT2D eigenvalue weighted by Crippen LogP contribution is 2.68. The lowest BCUT2D eigenvalue weighted by Gasteiger charge is -2.24. The summed E-state index contributed by atoms with van der Waals surface area (Å²) in [6.45, 7) is 2.67. The zero-order valence-electron chi connectivity index (χ0n) is 22.3. The summed E-state index contributed by atoms with van der Waals surface area (Å²) in [5, 5.41) is 26.3. The highest BCUT2D eigenvalue weighted by atomic mass is 16.5. The van der Waals surface area contributed by atoms with Gasteiger partial charge in [0.15, 0.2) is 0 Å². The van der Waals surface area contributed by atoms with E-state index in [1.165, 1.54) is 5.56 Å². The Bertz CT molecular complexity index is 1580. The van der Waals surface area contributed by atoms with Crippen LogP contribution in [0.5, 0.6) is 0 Å². The summed E-state index contributed by atoms with van der Waals surface area (Å²) >= 11 is 0. The molecule has 0 saturated heterocycles. The zero-order valence-corrected chi connectivity index (χ0v) is 22.3. The molecule has 4 aromatic rings. The normalized spacial score (nSPS) is 24.7. The standard InChI is InChI=1S/C32H32N4O4/c1-2-40-31(39)32-20-24(32)26(27(37)28(32)38)36-19-17-23-29(33-18-9-14-21-10-5-3-6-11-21)34-25(35-30(23)36)16-15-22-12-7-4-8-13-22/h3-8,10-13,17,19,24,26-28,37-38H,2,9,14,18,20H2,1H3,(H,33,34,35)/t24-,26-,27+,28+,32-/m1/s1. The fourth-order valence-corrected chi connectivity index (χ4v) is 6.04. The van der Waals surface area contributed by atoms with Gasteiger partial charge in [-0.1, -0.05) is 54.5 Å². The van der Waals surface area contributed by atoms with Gasteiger partial charge in [0.05, 0.1) is 24.1 Å². The van der Waals surface area contributed by atoms with E-state index in [4.69, 9.17) is 14.7 Å². The molecule has 2 saturated carbocycles. The molecule has 0 unspecified atom stereocenters. The maximum absolute atomic E-state index is 12.8. The average molecular weight is 537 g/mol. The van der Waals surface area contributed by atoms with Crippen LogP contribution in [0.25, 0.3) is 11.0 Å². The minimum Gasteiger partial charge on any atom is -0.465 e. The molecule has 0 spiro atoms. The van der Waals surface area contributed by atoms with E-state index < -0.39 is 29.6 Å². The van der Waals surface area contributed by atoms with Crippen molar-refractivity contribution in [3.63, 3.8) is 0 Å². The van der Waals surface area contributed by atoms with Crippen molar-refractivity contribution in [3.05, 3.63) is 89.9 Å². The van der Waals surface area contributed by atoms with Crippen LogP contribution in [0, 0.1) is 23.2 Å². The monoisotopic (exact) mass is 536 g/mol. The van der Waals surface area contributed by atoms with Crippen LogP contribution in [0.15, 0.2) is 72.9 Å². The SMILES string of the molecule is CCOC(=O)[C@]12C[C@@H]1[C@@H](n1ccc3c(NCCCc4ccccc4)nc(C#Cc4ccccc4)nc31)[C@H](O)[C@@H]2O. The van der Waals surface area contributed by atoms with Crippen LogP contribution in [0.2, 0.25) is 0 Å². The average Bonchev–Trinajstić information content (AvgIpc) is 3.52. The summed E-state index contributed by atoms with van der Waals surface area (Å²) < 4.78 is 7.14. The van der Waals surface area contributed by atoms with Crippen molar-refractivity contribution in [2.45, 2.75) is 44.4 Å². The molecule has 6 rings (SSSR count). The molecule has 8 heteroatoms. The molecule has 2 aromatic carbocycles. The van der Waals surface area contributed by atoms with Crippen molar-refractivity contribution in [3.8, 4) is 11.8 Å². The molecule has 204 valence electrons. The van der Waals surface area contributed by atoms with Gasteiger partial charge >= 0.3 is 5.97 Å². The zero-order chi connectivity index (χ0) is 27.7. The van der Waals surface area contributed by atoms with Gasteiger partial charge in [-0.2, -0.15) is 0 Å². The first kappa shape index (κ1) is 26.1. The van der Waals surface area contributed by atoms with Gasteiger partial charge in [0.25, 0.3) is 0 Å². The van der Waals surface area contributed by atoms with Crippen LogP contribution < -0.4 is 5.32 Å². The summed E-state index contributed by atoms with van der Waals surface area (Å²) in [4.78, 5) is 22.3. The summed E-state index contributed by atoms with van der Waals surface area (Å²) in [5.74, 6) is 6.53. The number of hydrogen-bond donors (Lipinski definition) is 3. The molecular formula is C32H32N4O4. The number of aliphatic hydroxyl groups excluding tert-OH is 2. The number of anilines is 1. The molecule has 2 heterocycles. The van der Waals surface area contributed by atoms with Crippen molar-refractivity contribution in [2.24, 2.45) is 11.3 Å². The Hall–Kier alpha value is -4.19. The maximum Gasteiger partial charge on any atom is 0.315 e. The maximum atomic E-state index is 12.8. The molecule has 2 fully saturated rings. The second-order valence-corrected chi connectivity index (χ2v) is 10.5. The smallest absolute Gasteiger partial charge is 0.315 e. The van der Waals surface area contributed by atoms with Crippen molar-refractivity contribution in [1.29, 1.82) is 0 Å². The van der Waals surface area contributed by atoms with Gasteiger partial charge in [-0.15, -0.1) is 0 Å². The third kappa shape index (κ3) is 4.61. The number of aryl methyl sites for hydroxylation is 1. The molecule has 3 N–H and O–H groups in total. The summed E-state index contributed by atoms with van der Waals surface area (Å²) in [5.41, 5.74) is 1.66. The lowest BCUT2D eigenvalue weighted by Crippen LogP contribution is -2.38. The van der Waals surface area contributed by atoms with Crippen LogP contribution in [-0.4, -0.2) is 56.1 Å². The minimum absolute atomic E-state index is 0.225. The molecule has 2 aliphatic carbocycles. The first-order chi connectivity index (χ1) is 19.5. The summed E-state index contributed by atoms with van der Waals surface area (Å²) in [6.07, 6.45) is 1.84. The topological polar surface area (TPSA) is 110 Å². The number of carbonyl (C=O) groups is 1. The van der Waals surface area contributed by atoms with Gasteiger partial charge in [0.1, 0.15) is 23.0 Å². The fourth-order valence-electron chi connectivity index (χ4n) is 6.04. The number of aliphatic hydroxyl groups is 2. The largest absolute Gasteiger partial charge is 0.465 e. The highest BCUT2D eigenvalue weighted by molar-refractivity contribution is 5.88. The minimum atomic E-state index is -1.20. The molecule has 0 aliphatic heterocycles. The third-order valence-corrected chi connectivity index (χ3v) is 8.09. The van der Waals surface area contributed by atoms with Crippen molar-refractivity contribution in [1.82, 2.24) is 14.5 Å². The van der Waals surface area contributed by atoms with E-state index in [-0.39, 0.29) is 12.5 Å². The Kier molecular flexibility index (Phi) is 7.01. The lowest BCUT2D eigenvalue weighted by molar-refractivity contribution is -0.156. The van der Waals surface area contributed by atoms with Crippen LogP contribution in [0.3, 0.4) is 0 Å². The number of carbonyl (C=O) groups excluding carboxylic acids is 1. The fraction of sp³-hybridized carbons (Fsp3) is 0.344. The second kappa shape index (κ2) is 10.8. The molecule has 5 atom stereocenters. The Labute approximate surface area is 233 Å². The summed E-state index contributed by atoms with van der Waals surface area (Å²) in [6, 6.07) is 21.4. The number of nitrogens with one attached hydrogen (secondary N) is 1. The predicted molar refractivity (Wildman–Crippen MR) is 151 cm³/mol. The molecule has 40 heavy (non-hydrogen) atoms. The van der Waals surface area contributed by atoms with Crippen molar-refractivity contribution >= 4 is 22.8 Å². The number of esters is 1. The van der Waals surface area contributed by atoms with E-state index in [2.05, 4.69) is 29.3 Å². The Morgan fingerprint density at radius 3 is 2.58 bits per heavy atom. The van der Waals surface area contributed by atoms with E-state index in [0.29, 0.717) is 30.3 Å². The molecule has 0 bridgehead atoms. The van der Waals surface area contributed by atoms with Gasteiger partial charge in [0, 0.05) is 24.2 Å². The van der Waals surface area contributed by atoms with Crippen LogP contribution in [-0.2, 0) is 16.0 Å². The van der Waals surface area contributed by atoms with Crippen LogP contribution >= 0.6 is 0 Å². The molecular weight excluding hydrogens is 504 g/mol. The van der Waals surface area contributed by atoms with Gasteiger partial charge in [-0.05, 0) is 55.9 Å². The summed E-state index contributed by atoms with van der Waals surface area (Å²) in [7, 11) is 0. The van der Waals surface area contributed by atoms with Crippen molar-refractivity contribution in [2.75, 3.05) is 18.5 Å². The van der Waals surface area contributed by atoms with E-state index in [1.807, 2.05) is 65.4 Å². The number of fused-ring (bicyclic) bond motifs is 2. The molecule has 2 aliphatic rings. The predicted octanol–water partition coefficient (Wildman–Crippen LogP) is 3.72. The number of hydrogen-bond acceptors (Lipinski definition) is 7. The molecule has 0 amide bonds. The van der Waals surface area contributed by atoms with Crippen molar-refractivity contribution < 1.29 is 19.7 Å². The molecule has 0 radical (unpaired) electrons. The molecule has 8 nitrogen and oxygen atoms in total. The first-order valence-corrected chi connectivity index (χ1v) is 13.8.